The zero-order chi connectivity index (χ0) is 11.1. The second-order valence-corrected chi connectivity index (χ2v) is 3.37. The molecule has 15 heavy (non-hydrogen) atoms. The van der Waals surface area contributed by atoms with E-state index in [0.717, 1.165) is 32.0 Å². The molecule has 2 nitrogen and oxygen atoms in total. The first kappa shape index (κ1) is 11.9. The van der Waals surface area contributed by atoms with E-state index in [1.165, 1.54) is 12.1 Å². The van der Waals surface area contributed by atoms with Gasteiger partial charge in [0.25, 0.3) is 0 Å². The lowest BCUT2D eigenvalue weighted by Crippen LogP contribution is -2.10. The van der Waals surface area contributed by atoms with Gasteiger partial charge in [-0.2, -0.15) is 0 Å². The molecule has 0 aliphatic heterocycles. The Hall–Kier alpha value is -1.16. The van der Waals surface area contributed by atoms with Gasteiger partial charge in [0.05, 0.1) is 0 Å². The zero-order valence-electron chi connectivity index (χ0n) is 8.82. The Balaban J connectivity index is 2.28. The number of halogens is 2. The molecule has 4 heteroatoms. The molecule has 0 saturated carbocycles. The van der Waals surface area contributed by atoms with Gasteiger partial charge in [-0.05, 0) is 44.6 Å². The Bertz CT molecular complexity index is 303. The van der Waals surface area contributed by atoms with Gasteiger partial charge in [-0.25, -0.2) is 8.78 Å². The van der Waals surface area contributed by atoms with E-state index in [0.29, 0.717) is 5.69 Å². The first-order valence-electron chi connectivity index (χ1n) is 5.07. The van der Waals surface area contributed by atoms with Crippen molar-refractivity contribution in [2.45, 2.75) is 12.8 Å². The molecule has 0 aliphatic rings. The van der Waals surface area contributed by atoms with Gasteiger partial charge in [-0.1, -0.05) is 0 Å². The summed E-state index contributed by atoms with van der Waals surface area (Å²) in [7, 11) is 1.91. The van der Waals surface area contributed by atoms with Crippen LogP contribution in [0.15, 0.2) is 18.2 Å². The van der Waals surface area contributed by atoms with E-state index in [-0.39, 0.29) is 0 Å². The van der Waals surface area contributed by atoms with Crippen LogP contribution in [-0.4, -0.2) is 20.1 Å². The Morgan fingerprint density at radius 1 is 1.07 bits per heavy atom. The Morgan fingerprint density at radius 3 is 2.47 bits per heavy atom. The molecule has 0 spiro atoms. The van der Waals surface area contributed by atoms with Crippen molar-refractivity contribution in [2.75, 3.05) is 25.5 Å². The largest absolute Gasteiger partial charge is 0.385 e. The Morgan fingerprint density at radius 2 is 1.80 bits per heavy atom. The first-order chi connectivity index (χ1) is 7.24. The molecule has 0 fully saturated rings. The summed E-state index contributed by atoms with van der Waals surface area (Å²) < 4.78 is 25.4. The number of anilines is 1. The Kier molecular flexibility index (Phi) is 5.04. The van der Waals surface area contributed by atoms with Crippen molar-refractivity contribution in [3.63, 3.8) is 0 Å². The van der Waals surface area contributed by atoms with E-state index >= 15 is 0 Å². The van der Waals surface area contributed by atoms with Crippen LogP contribution in [0, 0.1) is 11.6 Å². The van der Waals surface area contributed by atoms with E-state index in [9.17, 15) is 8.78 Å². The summed E-state index contributed by atoms with van der Waals surface area (Å²) in [5, 5.41) is 6.08. The predicted octanol–water partition coefficient (Wildman–Crippen LogP) is 2.38. The third kappa shape index (κ3) is 4.25. The third-order valence-corrected chi connectivity index (χ3v) is 2.10. The zero-order valence-corrected chi connectivity index (χ0v) is 8.82. The second-order valence-electron chi connectivity index (χ2n) is 3.37. The molecule has 0 aliphatic carbocycles. The summed E-state index contributed by atoms with van der Waals surface area (Å²) in [4.78, 5) is 0. The molecule has 2 N–H and O–H groups in total. The monoisotopic (exact) mass is 214 g/mol. The smallest absolute Gasteiger partial charge is 0.160 e. The van der Waals surface area contributed by atoms with Crippen molar-refractivity contribution in [2.24, 2.45) is 0 Å². The first-order valence-corrected chi connectivity index (χ1v) is 5.07. The average Bonchev–Trinajstić information content (AvgIpc) is 2.23. The lowest BCUT2D eigenvalue weighted by Gasteiger charge is -2.06. The van der Waals surface area contributed by atoms with E-state index in [1.807, 2.05) is 7.05 Å². The standard InChI is InChI=1S/C11H16F2N2/c1-14-6-2-3-7-15-9-4-5-10(12)11(13)8-9/h4-5,8,14-15H,2-3,6-7H2,1H3. The van der Waals surface area contributed by atoms with Crippen LogP contribution in [0.1, 0.15) is 12.8 Å². The van der Waals surface area contributed by atoms with E-state index in [2.05, 4.69) is 10.6 Å². The Labute approximate surface area is 88.7 Å². The second kappa shape index (κ2) is 6.35. The highest BCUT2D eigenvalue weighted by atomic mass is 19.2. The highest BCUT2D eigenvalue weighted by Crippen LogP contribution is 2.12. The van der Waals surface area contributed by atoms with Crippen LogP contribution < -0.4 is 10.6 Å². The molecule has 0 atom stereocenters. The fraction of sp³-hybridized carbons (Fsp3) is 0.455. The minimum atomic E-state index is -0.810. The van der Waals surface area contributed by atoms with E-state index < -0.39 is 11.6 Å². The summed E-state index contributed by atoms with van der Waals surface area (Å²) in [6, 6.07) is 3.84. The van der Waals surface area contributed by atoms with Crippen LogP contribution in [0.4, 0.5) is 14.5 Å². The van der Waals surface area contributed by atoms with Crippen molar-refractivity contribution >= 4 is 5.69 Å². The number of hydrogen-bond donors (Lipinski definition) is 2. The summed E-state index contributed by atoms with van der Waals surface area (Å²) in [5.74, 6) is -1.62. The molecule has 0 unspecified atom stereocenters. The summed E-state index contributed by atoms with van der Waals surface area (Å²) in [6.45, 7) is 1.74. The lowest BCUT2D eigenvalue weighted by molar-refractivity contribution is 0.509. The molecule has 1 aromatic rings. The molecule has 0 saturated heterocycles. The fourth-order valence-corrected chi connectivity index (χ4v) is 1.27. The fourth-order valence-electron chi connectivity index (χ4n) is 1.27. The van der Waals surface area contributed by atoms with E-state index in [1.54, 1.807) is 0 Å². The molecule has 84 valence electrons. The van der Waals surface area contributed by atoms with Gasteiger partial charge in [-0.3, -0.25) is 0 Å². The van der Waals surface area contributed by atoms with Crippen LogP contribution in [0.5, 0.6) is 0 Å². The maximum Gasteiger partial charge on any atom is 0.160 e. The quantitative estimate of drug-likeness (QED) is 0.710. The topological polar surface area (TPSA) is 24.1 Å². The highest BCUT2D eigenvalue weighted by Gasteiger charge is 2.01. The molecular weight excluding hydrogens is 198 g/mol. The summed E-state index contributed by atoms with van der Waals surface area (Å²) >= 11 is 0. The summed E-state index contributed by atoms with van der Waals surface area (Å²) in [5.41, 5.74) is 0.623. The van der Waals surface area contributed by atoms with Gasteiger partial charge >= 0.3 is 0 Å². The van der Waals surface area contributed by atoms with Crippen molar-refractivity contribution in [3.8, 4) is 0 Å². The van der Waals surface area contributed by atoms with Crippen molar-refractivity contribution in [1.29, 1.82) is 0 Å². The normalized spacial score (nSPS) is 10.3. The van der Waals surface area contributed by atoms with Crippen molar-refractivity contribution in [1.82, 2.24) is 5.32 Å². The lowest BCUT2D eigenvalue weighted by atomic mass is 10.2. The van der Waals surface area contributed by atoms with Crippen LogP contribution in [0.25, 0.3) is 0 Å². The number of benzene rings is 1. The van der Waals surface area contributed by atoms with E-state index in [4.69, 9.17) is 0 Å². The van der Waals surface area contributed by atoms with Crippen molar-refractivity contribution < 1.29 is 8.78 Å². The number of unbranched alkanes of at least 4 members (excludes halogenated alkanes) is 1. The maximum atomic E-state index is 12.8. The minimum absolute atomic E-state index is 0.623. The minimum Gasteiger partial charge on any atom is -0.385 e. The molecule has 1 aromatic carbocycles. The number of hydrogen-bond acceptors (Lipinski definition) is 2. The van der Waals surface area contributed by atoms with Crippen LogP contribution in [0.3, 0.4) is 0 Å². The number of rotatable bonds is 6. The maximum absolute atomic E-state index is 12.8. The highest BCUT2D eigenvalue weighted by molar-refractivity contribution is 5.43. The SMILES string of the molecule is CNCCCCNc1ccc(F)c(F)c1. The van der Waals surface area contributed by atoms with Gasteiger partial charge in [0.2, 0.25) is 0 Å². The molecular formula is C11H16F2N2. The van der Waals surface area contributed by atoms with Gasteiger partial charge in [0, 0.05) is 12.2 Å². The third-order valence-electron chi connectivity index (χ3n) is 2.10. The van der Waals surface area contributed by atoms with Crippen LogP contribution >= 0.6 is 0 Å². The predicted molar refractivity (Wildman–Crippen MR) is 58.0 cm³/mol. The molecule has 0 amide bonds. The van der Waals surface area contributed by atoms with Crippen LogP contribution in [-0.2, 0) is 0 Å². The van der Waals surface area contributed by atoms with Crippen LogP contribution in [0.2, 0.25) is 0 Å². The average molecular weight is 214 g/mol. The summed E-state index contributed by atoms with van der Waals surface area (Å²) in [6.07, 6.45) is 2.06. The van der Waals surface area contributed by atoms with Crippen molar-refractivity contribution in [3.05, 3.63) is 29.8 Å². The number of nitrogens with one attached hydrogen (secondary N) is 2. The molecule has 0 heterocycles. The molecule has 1 rings (SSSR count). The van der Waals surface area contributed by atoms with Gasteiger partial charge in [0.1, 0.15) is 0 Å². The molecule has 0 aromatic heterocycles. The van der Waals surface area contributed by atoms with Gasteiger partial charge < -0.3 is 10.6 Å². The molecule has 0 bridgehead atoms. The molecule has 0 radical (unpaired) electrons. The van der Waals surface area contributed by atoms with Gasteiger partial charge in [-0.15, -0.1) is 0 Å². The van der Waals surface area contributed by atoms with Gasteiger partial charge in [0.15, 0.2) is 11.6 Å².